The largest absolute Gasteiger partial charge is 0.370 e. The standard InChI is InChI=1S/C14H19ClN2/c15-11-3-7-14(8-4-11)17-9-1-2-13(10-17)16-12-5-6-12/h3-4,7-8,12-13,16H,1-2,5-6,9-10H2. The minimum absolute atomic E-state index is 0.673. The number of hydrogen-bond donors (Lipinski definition) is 1. The van der Waals surface area contributed by atoms with Crippen LogP contribution < -0.4 is 10.2 Å². The summed E-state index contributed by atoms with van der Waals surface area (Å²) in [6, 6.07) is 9.70. The first-order valence-corrected chi connectivity index (χ1v) is 6.95. The van der Waals surface area contributed by atoms with Crippen LogP contribution in [-0.2, 0) is 0 Å². The minimum Gasteiger partial charge on any atom is -0.370 e. The van der Waals surface area contributed by atoms with Gasteiger partial charge in [-0.25, -0.2) is 0 Å². The highest BCUT2D eigenvalue weighted by molar-refractivity contribution is 6.30. The summed E-state index contributed by atoms with van der Waals surface area (Å²) in [6.45, 7) is 2.31. The van der Waals surface area contributed by atoms with Crippen molar-refractivity contribution in [1.29, 1.82) is 0 Å². The third kappa shape index (κ3) is 2.93. The lowest BCUT2D eigenvalue weighted by Gasteiger charge is -2.35. The molecule has 1 aliphatic heterocycles. The first-order chi connectivity index (χ1) is 8.31. The molecule has 92 valence electrons. The number of benzene rings is 1. The van der Waals surface area contributed by atoms with Crippen molar-refractivity contribution in [3.63, 3.8) is 0 Å². The summed E-state index contributed by atoms with van der Waals surface area (Å²) in [6.07, 6.45) is 5.35. The molecule has 1 atom stereocenters. The second-order valence-corrected chi connectivity index (χ2v) is 5.64. The van der Waals surface area contributed by atoms with E-state index in [1.807, 2.05) is 12.1 Å². The molecule has 1 N–H and O–H groups in total. The van der Waals surface area contributed by atoms with E-state index in [4.69, 9.17) is 11.6 Å². The molecule has 1 heterocycles. The van der Waals surface area contributed by atoms with Gasteiger partial charge in [0.25, 0.3) is 0 Å². The predicted molar refractivity (Wildman–Crippen MR) is 72.8 cm³/mol. The van der Waals surface area contributed by atoms with Crippen molar-refractivity contribution in [2.75, 3.05) is 18.0 Å². The average Bonchev–Trinajstić information content (AvgIpc) is 3.14. The van der Waals surface area contributed by atoms with Gasteiger partial charge in [0.1, 0.15) is 0 Å². The average molecular weight is 251 g/mol. The number of nitrogens with zero attached hydrogens (tertiary/aromatic N) is 1. The lowest BCUT2D eigenvalue weighted by atomic mass is 10.0. The van der Waals surface area contributed by atoms with Gasteiger partial charge in [0, 0.05) is 35.9 Å². The molecular formula is C14H19ClN2. The Balaban J connectivity index is 1.63. The van der Waals surface area contributed by atoms with Gasteiger partial charge in [-0.15, -0.1) is 0 Å². The van der Waals surface area contributed by atoms with E-state index in [2.05, 4.69) is 22.3 Å². The van der Waals surface area contributed by atoms with Crippen LogP contribution in [-0.4, -0.2) is 25.2 Å². The van der Waals surface area contributed by atoms with Crippen LogP contribution in [0.4, 0.5) is 5.69 Å². The van der Waals surface area contributed by atoms with Gasteiger partial charge in [-0.3, -0.25) is 0 Å². The maximum Gasteiger partial charge on any atom is 0.0407 e. The van der Waals surface area contributed by atoms with Gasteiger partial charge in [-0.1, -0.05) is 11.6 Å². The lowest BCUT2D eigenvalue weighted by Crippen LogP contribution is -2.46. The number of hydrogen-bond acceptors (Lipinski definition) is 2. The molecule has 1 aliphatic carbocycles. The Labute approximate surface area is 108 Å². The van der Waals surface area contributed by atoms with Crippen LogP contribution >= 0.6 is 11.6 Å². The summed E-state index contributed by atoms with van der Waals surface area (Å²) >= 11 is 5.93. The molecule has 1 aromatic rings. The monoisotopic (exact) mass is 250 g/mol. The number of piperidine rings is 1. The van der Waals surface area contributed by atoms with E-state index in [1.165, 1.54) is 37.9 Å². The first-order valence-electron chi connectivity index (χ1n) is 6.58. The van der Waals surface area contributed by atoms with E-state index in [0.717, 1.165) is 17.6 Å². The third-order valence-electron chi connectivity index (χ3n) is 3.66. The lowest BCUT2D eigenvalue weighted by molar-refractivity contribution is 0.420. The van der Waals surface area contributed by atoms with Crippen molar-refractivity contribution < 1.29 is 0 Å². The molecule has 3 rings (SSSR count). The second kappa shape index (κ2) is 4.87. The number of anilines is 1. The van der Waals surface area contributed by atoms with Crippen LogP contribution in [0.2, 0.25) is 5.02 Å². The van der Waals surface area contributed by atoms with Crippen molar-refractivity contribution in [3.8, 4) is 0 Å². The Bertz CT molecular complexity index is 372. The molecule has 0 bridgehead atoms. The van der Waals surface area contributed by atoms with E-state index in [9.17, 15) is 0 Å². The minimum atomic E-state index is 0.673. The SMILES string of the molecule is Clc1ccc(N2CCCC(NC3CC3)C2)cc1. The molecule has 1 unspecified atom stereocenters. The molecule has 3 heteroatoms. The summed E-state index contributed by atoms with van der Waals surface area (Å²) < 4.78 is 0. The smallest absolute Gasteiger partial charge is 0.0407 e. The Kier molecular flexibility index (Phi) is 3.26. The molecule has 17 heavy (non-hydrogen) atoms. The summed E-state index contributed by atoms with van der Waals surface area (Å²) in [4.78, 5) is 2.47. The van der Waals surface area contributed by atoms with Crippen LogP contribution in [0.5, 0.6) is 0 Å². The Morgan fingerprint density at radius 3 is 2.53 bits per heavy atom. The summed E-state index contributed by atoms with van der Waals surface area (Å²) in [5.41, 5.74) is 1.30. The Morgan fingerprint density at radius 1 is 1.06 bits per heavy atom. The quantitative estimate of drug-likeness (QED) is 0.887. The fourth-order valence-electron chi connectivity index (χ4n) is 2.58. The highest BCUT2D eigenvalue weighted by Crippen LogP contribution is 2.25. The molecule has 0 amide bonds. The maximum atomic E-state index is 5.93. The number of halogens is 1. The normalized spacial score (nSPS) is 25.0. The van der Waals surface area contributed by atoms with E-state index >= 15 is 0 Å². The molecule has 2 aliphatic rings. The van der Waals surface area contributed by atoms with Gasteiger partial charge < -0.3 is 10.2 Å². The van der Waals surface area contributed by atoms with Crippen LogP contribution in [0.1, 0.15) is 25.7 Å². The molecule has 2 fully saturated rings. The summed E-state index contributed by atoms with van der Waals surface area (Å²) in [5.74, 6) is 0. The highest BCUT2D eigenvalue weighted by Gasteiger charge is 2.27. The fourth-order valence-corrected chi connectivity index (χ4v) is 2.71. The molecule has 1 aromatic carbocycles. The summed E-state index contributed by atoms with van der Waals surface area (Å²) in [7, 11) is 0. The summed E-state index contributed by atoms with van der Waals surface area (Å²) in [5, 5.41) is 4.55. The van der Waals surface area contributed by atoms with E-state index in [1.54, 1.807) is 0 Å². The zero-order chi connectivity index (χ0) is 11.7. The van der Waals surface area contributed by atoms with Gasteiger partial charge in [0.2, 0.25) is 0 Å². The van der Waals surface area contributed by atoms with Gasteiger partial charge in [0.15, 0.2) is 0 Å². The number of rotatable bonds is 3. The first kappa shape index (κ1) is 11.4. The zero-order valence-corrected chi connectivity index (χ0v) is 10.8. The van der Waals surface area contributed by atoms with Crippen molar-refractivity contribution in [2.24, 2.45) is 0 Å². The fraction of sp³-hybridized carbons (Fsp3) is 0.571. The van der Waals surface area contributed by atoms with Crippen LogP contribution in [0.15, 0.2) is 24.3 Å². The molecule has 0 spiro atoms. The second-order valence-electron chi connectivity index (χ2n) is 5.20. The van der Waals surface area contributed by atoms with E-state index in [-0.39, 0.29) is 0 Å². The molecule has 2 nitrogen and oxygen atoms in total. The van der Waals surface area contributed by atoms with Crippen LogP contribution in [0.25, 0.3) is 0 Å². The van der Waals surface area contributed by atoms with Gasteiger partial charge in [0.05, 0.1) is 0 Å². The van der Waals surface area contributed by atoms with Crippen molar-refractivity contribution in [1.82, 2.24) is 5.32 Å². The van der Waals surface area contributed by atoms with Gasteiger partial charge >= 0.3 is 0 Å². The molecule has 0 radical (unpaired) electrons. The number of nitrogens with one attached hydrogen (secondary N) is 1. The molecule has 0 aromatic heterocycles. The Morgan fingerprint density at radius 2 is 1.82 bits per heavy atom. The van der Waals surface area contributed by atoms with Crippen molar-refractivity contribution in [3.05, 3.63) is 29.3 Å². The van der Waals surface area contributed by atoms with E-state index < -0.39 is 0 Å². The molecular weight excluding hydrogens is 232 g/mol. The van der Waals surface area contributed by atoms with Crippen molar-refractivity contribution >= 4 is 17.3 Å². The van der Waals surface area contributed by atoms with Gasteiger partial charge in [-0.2, -0.15) is 0 Å². The topological polar surface area (TPSA) is 15.3 Å². The van der Waals surface area contributed by atoms with E-state index in [0.29, 0.717) is 6.04 Å². The maximum absolute atomic E-state index is 5.93. The third-order valence-corrected chi connectivity index (χ3v) is 3.91. The van der Waals surface area contributed by atoms with Gasteiger partial charge in [-0.05, 0) is 49.9 Å². The van der Waals surface area contributed by atoms with Crippen LogP contribution in [0.3, 0.4) is 0 Å². The molecule has 1 saturated carbocycles. The predicted octanol–water partition coefficient (Wildman–Crippen LogP) is 3.06. The van der Waals surface area contributed by atoms with Crippen LogP contribution in [0, 0.1) is 0 Å². The Hall–Kier alpha value is -0.730. The van der Waals surface area contributed by atoms with Crippen molar-refractivity contribution in [2.45, 2.75) is 37.8 Å². The zero-order valence-electron chi connectivity index (χ0n) is 10.0. The highest BCUT2D eigenvalue weighted by atomic mass is 35.5. The molecule has 1 saturated heterocycles.